The van der Waals surface area contributed by atoms with Crippen LogP contribution in [0, 0.1) is 11.8 Å². The van der Waals surface area contributed by atoms with Gasteiger partial charge < -0.3 is 5.32 Å². The summed E-state index contributed by atoms with van der Waals surface area (Å²) in [6.07, 6.45) is 7.62. The van der Waals surface area contributed by atoms with Gasteiger partial charge in [-0.1, -0.05) is 54.8 Å². The van der Waals surface area contributed by atoms with Gasteiger partial charge in [0.2, 0.25) is 0 Å². The fraction of sp³-hybridized carbons (Fsp3) is 0.421. The quantitative estimate of drug-likeness (QED) is 0.914. The number of carbonyl (C=O) groups is 1. The molecule has 2 fully saturated rings. The summed E-state index contributed by atoms with van der Waals surface area (Å²) in [6.45, 7) is 0. The van der Waals surface area contributed by atoms with E-state index < -0.39 is 0 Å². The molecule has 2 unspecified atom stereocenters. The Kier molecular flexibility index (Phi) is 4.23. The van der Waals surface area contributed by atoms with E-state index in [1.54, 1.807) is 0 Å². The minimum Gasteiger partial charge on any atom is -0.348 e. The molecular weight excluding hydrogens is 322 g/mol. The van der Waals surface area contributed by atoms with Crippen LogP contribution in [-0.4, -0.2) is 21.9 Å². The third-order valence-corrected chi connectivity index (χ3v) is 5.49. The van der Waals surface area contributed by atoms with E-state index in [0.717, 1.165) is 30.2 Å². The average Bonchev–Trinajstić information content (AvgIpc) is 2.94. The Morgan fingerprint density at radius 1 is 1.08 bits per heavy atom. The summed E-state index contributed by atoms with van der Waals surface area (Å²) in [4.78, 5) is 21.3. The molecule has 0 radical (unpaired) electrons. The maximum absolute atomic E-state index is 12.7. The Labute approximate surface area is 146 Å². The number of hydrogen-bond donors (Lipinski definition) is 1. The lowest BCUT2D eigenvalue weighted by Crippen LogP contribution is -2.39. The molecule has 0 spiro atoms. The number of hydrogen-bond acceptors (Lipinski definition) is 3. The first-order chi connectivity index (χ1) is 11.7. The molecular formula is C19H20ClN3O. The van der Waals surface area contributed by atoms with E-state index in [0.29, 0.717) is 10.8 Å². The van der Waals surface area contributed by atoms with Crippen LogP contribution in [0.1, 0.15) is 42.6 Å². The zero-order chi connectivity index (χ0) is 16.5. The molecule has 5 heteroatoms. The van der Waals surface area contributed by atoms with Crippen molar-refractivity contribution in [3.8, 4) is 11.4 Å². The van der Waals surface area contributed by atoms with Crippen LogP contribution in [0.2, 0.25) is 5.02 Å². The summed E-state index contributed by atoms with van der Waals surface area (Å²) < 4.78 is 0. The van der Waals surface area contributed by atoms with Crippen molar-refractivity contribution in [1.82, 2.24) is 15.3 Å². The Bertz CT molecular complexity index is 738. The van der Waals surface area contributed by atoms with E-state index in [4.69, 9.17) is 11.6 Å². The third-order valence-electron chi connectivity index (χ3n) is 5.21. The van der Waals surface area contributed by atoms with Crippen LogP contribution in [0.25, 0.3) is 11.4 Å². The van der Waals surface area contributed by atoms with Crippen LogP contribution in [0.5, 0.6) is 0 Å². The SMILES string of the molecule is O=C(NC1CC2CCC(C2)C1)c1nc(-c2ccccc2)ncc1Cl. The van der Waals surface area contributed by atoms with Crippen LogP contribution >= 0.6 is 11.6 Å². The van der Waals surface area contributed by atoms with Crippen LogP contribution in [0.3, 0.4) is 0 Å². The first-order valence-corrected chi connectivity index (χ1v) is 8.95. The van der Waals surface area contributed by atoms with Crippen molar-refractivity contribution in [3.63, 3.8) is 0 Å². The topological polar surface area (TPSA) is 54.9 Å². The van der Waals surface area contributed by atoms with Crippen molar-refractivity contribution >= 4 is 17.5 Å². The van der Waals surface area contributed by atoms with Crippen molar-refractivity contribution in [3.05, 3.63) is 47.2 Å². The Hall–Kier alpha value is -1.94. The lowest BCUT2D eigenvalue weighted by molar-refractivity contribution is 0.0913. The second-order valence-electron chi connectivity index (χ2n) is 6.94. The molecule has 124 valence electrons. The molecule has 2 aliphatic rings. The highest BCUT2D eigenvalue weighted by atomic mass is 35.5. The van der Waals surface area contributed by atoms with Gasteiger partial charge in [-0.05, 0) is 31.1 Å². The highest BCUT2D eigenvalue weighted by Gasteiger charge is 2.35. The summed E-state index contributed by atoms with van der Waals surface area (Å²) in [5, 5.41) is 3.44. The Balaban J connectivity index is 1.53. The molecule has 1 aromatic carbocycles. The first-order valence-electron chi connectivity index (χ1n) is 8.58. The predicted octanol–water partition coefficient (Wildman–Crippen LogP) is 4.11. The zero-order valence-corrected chi connectivity index (χ0v) is 14.2. The van der Waals surface area contributed by atoms with Crippen molar-refractivity contribution in [2.75, 3.05) is 0 Å². The van der Waals surface area contributed by atoms with Crippen molar-refractivity contribution in [2.45, 2.75) is 38.1 Å². The number of aromatic nitrogens is 2. The first kappa shape index (κ1) is 15.6. The minimum absolute atomic E-state index is 0.189. The van der Waals surface area contributed by atoms with E-state index in [1.807, 2.05) is 30.3 Å². The molecule has 1 aromatic heterocycles. The molecule has 0 aliphatic heterocycles. The van der Waals surface area contributed by atoms with Crippen LogP contribution < -0.4 is 5.32 Å². The van der Waals surface area contributed by atoms with E-state index in [1.165, 1.54) is 25.5 Å². The minimum atomic E-state index is -0.189. The van der Waals surface area contributed by atoms with Gasteiger partial charge in [-0.25, -0.2) is 9.97 Å². The third kappa shape index (κ3) is 3.16. The number of benzene rings is 1. The van der Waals surface area contributed by atoms with Gasteiger partial charge in [-0.2, -0.15) is 0 Å². The van der Waals surface area contributed by atoms with Gasteiger partial charge in [0, 0.05) is 11.6 Å². The summed E-state index contributed by atoms with van der Waals surface area (Å²) in [5.41, 5.74) is 1.14. The van der Waals surface area contributed by atoms with Crippen LogP contribution in [-0.2, 0) is 0 Å². The second kappa shape index (κ2) is 6.52. The van der Waals surface area contributed by atoms with Crippen molar-refractivity contribution in [2.24, 2.45) is 11.8 Å². The largest absolute Gasteiger partial charge is 0.348 e. The molecule has 1 amide bonds. The molecule has 2 aliphatic carbocycles. The molecule has 2 atom stereocenters. The Morgan fingerprint density at radius 3 is 2.50 bits per heavy atom. The molecule has 1 heterocycles. The maximum Gasteiger partial charge on any atom is 0.271 e. The van der Waals surface area contributed by atoms with Gasteiger partial charge in [0.1, 0.15) is 0 Å². The van der Waals surface area contributed by atoms with Crippen molar-refractivity contribution in [1.29, 1.82) is 0 Å². The molecule has 0 saturated heterocycles. The van der Waals surface area contributed by atoms with Gasteiger partial charge in [0.05, 0.1) is 11.2 Å². The highest BCUT2D eigenvalue weighted by Crippen LogP contribution is 2.42. The summed E-state index contributed by atoms with van der Waals surface area (Å²) in [5.74, 6) is 1.88. The number of rotatable bonds is 3. The molecule has 2 aromatic rings. The number of nitrogens with one attached hydrogen (secondary N) is 1. The number of fused-ring (bicyclic) bond motifs is 2. The van der Waals surface area contributed by atoms with E-state index in [2.05, 4.69) is 15.3 Å². The van der Waals surface area contributed by atoms with Gasteiger partial charge in [0.25, 0.3) is 5.91 Å². The molecule has 24 heavy (non-hydrogen) atoms. The fourth-order valence-electron chi connectivity index (χ4n) is 4.13. The maximum atomic E-state index is 12.7. The number of halogens is 1. The molecule has 4 nitrogen and oxygen atoms in total. The molecule has 2 saturated carbocycles. The van der Waals surface area contributed by atoms with E-state index in [9.17, 15) is 4.79 Å². The zero-order valence-electron chi connectivity index (χ0n) is 13.4. The Morgan fingerprint density at radius 2 is 1.79 bits per heavy atom. The smallest absolute Gasteiger partial charge is 0.271 e. The molecule has 4 rings (SSSR count). The summed E-state index contributed by atoms with van der Waals surface area (Å²) in [7, 11) is 0. The lowest BCUT2D eigenvalue weighted by Gasteiger charge is -2.28. The van der Waals surface area contributed by atoms with Gasteiger partial charge in [0.15, 0.2) is 11.5 Å². The average molecular weight is 342 g/mol. The van der Waals surface area contributed by atoms with Crippen LogP contribution in [0.15, 0.2) is 36.5 Å². The highest BCUT2D eigenvalue weighted by molar-refractivity contribution is 6.33. The molecule has 1 N–H and O–H groups in total. The summed E-state index contributed by atoms with van der Waals surface area (Å²) >= 11 is 6.18. The normalized spacial score (nSPS) is 25.5. The number of nitrogens with zero attached hydrogens (tertiary/aromatic N) is 2. The van der Waals surface area contributed by atoms with Crippen LogP contribution in [0.4, 0.5) is 0 Å². The van der Waals surface area contributed by atoms with E-state index in [-0.39, 0.29) is 17.6 Å². The van der Waals surface area contributed by atoms with Gasteiger partial charge >= 0.3 is 0 Å². The monoisotopic (exact) mass is 341 g/mol. The van der Waals surface area contributed by atoms with Gasteiger partial charge in [-0.15, -0.1) is 0 Å². The standard InChI is InChI=1S/C19H20ClN3O/c20-16-11-21-18(14-4-2-1-3-5-14)23-17(16)19(24)22-15-9-12-6-7-13(8-12)10-15/h1-5,11-13,15H,6-10H2,(H,22,24). The van der Waals surface area contributed by atoms with Crippen molar-refractivity contribution < 1.29 is 4.79 Å². The lowest BCUT2D eigenvalue weighted by atomic mass is 9.85. The second-order valence-corrected chi connectivity index (χ2v) is 7.35. The number of amides is 1. The fourth-order valence-corrected chi connectivity index (χ4v) is 4.31. The van der Waals surface area contributed by atoms with E-state index >= 15 is 0 Å². The summed E-state index contributed by atoms with van der Waals surface area (Å²) in [6, 6.07) is 9.86. The van der Waals surface area contributed by atoms with Gasteiger partial charge in [-0.3, -0.25) is 4.79 Å². The number of carbonyl (C=O) groups excluding carboxylic acids is 1. The molecule has 2 bridgehead atoms. The predicted molar refractivity (Wildman–Crippen MR) is 93.8 cm³/mol.